The molecule has 1 aliphatic heterocycles. The van der Waals surface area contributed by atoms with Gasteiger partial charge in [0.2, 0.25) is 0 Å². The van der Waals surface area contributed by atoms with Crippen molar-refractivity contribution in [1.29, 1.82) is 0 Å². The van der Waals surface area contributed by atoms with E-state index in [4.69, 9.17) is 16.6 Å². The van der Waals surface area contributed by atoms with Crippen molar-refractivity contribution in [2.75, 3.05) is 6.54 Å². The van der Waals surface area contributed by atoms with Gasteiger partial charge in [-0.3, -0.25) is 4.79 Å². The molecule has 0 aliphatic carbocycles. The summed E-state index contributed by atoms with van der Waals surface area (Å²) in [6, 6.07) is 7.47. The van der Waals surface area contributed by atoms with E-state index in [1.165, 1.54) is 23.5 Å². The normalized spacial score (nSPS) is 16.2. The highest BCUT2D eigenvalue weighted by Gasteiger charge is 2.37. The lowest BCUT2D eigenvalue weighted by molar-refractivity contribution is 0.0692. The van der Waals surface area contributed by atoms with E-state index in [9.17, 15) is 9.18 Å². The van der Waals surface area contributed by atoms with Gasteiger partial charge in [-0.15, -0.1) is 11.3 Å². The van der Waals surface area contributed by atoms with Crippen LogP contribution in [0.15, 0.2) is 49.1 Å². The molecule has 6 rings (SSSR count). The predicted octanol–water partition coefficient (Wildman–Crippen LogP) is 4.25. The van der Waals surface area contributed by atoms with E-state index in [-0.39, 0.29) is 11.7 Å². The number of carbonyl (C=O) groups is 1. The minimum Gasteiger partial charge on any atom is -0.348 e. The molecular formula is C21H14ClFN6OS. The van der Waals surface area contributed by atoms with Crippen LogP contribution in [0.2, 0.25) is 5.02 Å². The van der Waals surface area contributed by atoms with Crippen LogP contribution < -0.4 is 0 Å². The van der Waals surface area contributed by atoms with Gasteiger partial charge < -0.3 is 9.88 Å². The van der Waals surface area contributed by atoms with Crippen molar-refractivity contribution in [3.8, 4) is 0 Å². The number of benzene rings is 1. The summed E-state index contributed by atoms with van der Waals surface area (Å²) in [4.78, 5) is 27.8. The molecule has 1 aliphatic rings. The molecule has 0 unspecified atom stereocenters. The number of thiazole rings is 1. The molecule has 7 nitrogen and oxygen atoms in total. The third-order valence-electron chi connectivity index (χ3n) is 5.50. The average molecular weight is 453 g/mol. The topological polar surface area (TPSA) is 79.2 Å². The fourth-order valence-electron chi connectivity index (χ4n) is 4.05. The van der Waals surface area contributed by atoms with E-state index < -0.39 is 6.04 Å². The van der Waals surface area contributed by atoms with Crippen LogP contribution in [0.1, 0.15) is 32.8 Å². The number of pyridine rings is 1. The van der Waals surface area contributed by atoms with E-state index in [2.05, 4.69) is 15.1 Å². The molecule has 0 spiro atoms. The highest BCUT2D eigenvalue weighted by molar-refractivity contribution is 7.18. The largest absolute Gasteiger partial charge is 0.348 e. The van der Waals surface area contributed by atoms with Gasteiger partial charge in [0.15, 0.2) is 0 Å². The molecule has 10 heteroatoms. The summed E-state index contributed by atoms with van der Waals surface area (Å²) in [7, 11) is 0. The quantitative estimate of drug-likeness (QED) is 0.434. The molecular weight excluding hydrogens is 439 g/mol. The Hall–Kier alpha value is -3.30. The Balaban J connectivity index is 1.49. The van der Waals surface area contributed by atoms with E-state index in [0.717, 1.165) is 16.1 Å². The number of fused-ring (bicyclic) bond motifs is 3. The van der Waals surface area contributed by atoms with Crippen LogP contribution in [0, 0.1) is 5.82 Å². The van der Waals surface area contributed by atoms with Gasteiger partial charge in [-0.1, -0.05) is 11.6 Å². The lowest BCUT2D eigenvalue weighted by Gasteiger charge is -2.33. The van der Waals surface area contributed by atoms with E-state index in [0.29, 0.717) is 39.6 Å². The fourth-order valence-corrected chi connectivity index (χ4v) is 5.32. The first-order valence-electron chi connectivity index (χ1n) is 9.60. The van der Waals surface area contributed by atoms with Gasteiger partial charge in [0.25, 0.3) is 5.91 Å². The van der Waals surface area contributed by atoms with Crippen molar-refractivity contribution in [2.45, 2.75) is 12.5 Å². The number of nitrogens with zero attached hydrogens (tertiary/aromatic N) is 5. The van der Waals surface area contributed by atoms with E-state index >= 15 is 0 Å². The second kappa shape index (κ2) is 6.86. The van der Waals surface area contributed by atoms with Crippen LogP contribution >= 0.6 is 22.9 Å². The van der Waals surface area contributed by atoms with Gasteiger partial charge in [0, 0.05) is 29.9 Å². The number of amides is 1. The monoisotopic (exact) mass is 452 g/mol. The Morgan fingerprint density at radius 2 is 2.19 bits per heavy atom. The lowest BCUT2D eigenvalue weighted by Crippen LogP contribution is -2.40. The zero-order valence-corrected chi connectivity index (χ0v) is 17.5. The lowest BCUT2D eigenvalue weighted by atomic mass is 10.0. The summed E-state index contributed by atoms with van der Waals surface area (Å²) in [6.45, 7) is 0.487. The summed E-state index contributed by atoms with van der Waals surface area (Å²) in [5.41, 5.74) is 3.52. The zero-order chi connectivity index (χ0) is 21.1. The van der Waals surface area contributed by atoms with E-state index in [1.807, 2.05) is 0 Å². The highest BCUT2D eigenvalue weighted by atomic mass is 35.5. The molecule has 0 fully saturated rings. The maximum atomic E-state index is 13.7. The van der Waals surface area contributed by atoms with Crippen molar-refractivity contribution < 1.29 is 9.18 Å². The first-order valence-corrected chi connectivity index (χ1v) is 10.8. The Morgan fingerprint density at radius 1 is 1.29 bits per heavy atom. The number of halogens is 2. The standard InChI is InChI=1S/C21H14ClFN6OS/c22-11-3-6-29-16(7-11)13(9-26-29)21(30)28-5-4-15-18(25-10-24-15)19(28)20-27-14-2-1-12(23)8-17(14)31-20/h1-3,6-10,19H,4-5H2,(H,24,25)/t19-/m0/s1. The number of aromatic nitrogens is 5. The van der Waals surface area contributed by atoms with Crippen LogP contribution in [0.4, 0.5) is 4.39 Å². The maximum absolute atomic E-state index is 13.7. The van der Waals surface area contributed by atoms with Gasteiger partial charge in [0.05, 0.1) is 39.5 Å². The number of aromatic amines is 1. The third kappa shape index (κ3) is 2.92. The molecule has 0 saturated carbocycles. The number of carbonyl (C=O) groups excluding carboxylic acids is 1. The summed E-state index contributed by atoms with van der Waals surface area (Å²) in [6.07, 6.45) is 5.56. The molecule has 5 heterocycles. The van der Waals surface area contributed by atoms with Crippen LogP contribution in [-0.4, -0.2) is 41.9 Å². The summed E-state index contributed by atoms with van der Waals surface area (Å²) in [5, 5.41) is 5.51. The number of hydrogen-bond acceptors (Lipinski definition) is 5. The number of rotatable bonds is 2. The maximum Gasteiger partial charge on any atom is 0.258 e. The SMILES string of the molecule is O=C(c1cnn2ccc(Cl)cc12)N1CCc2[nH]cnc2[C@H]1c1nc2ccc(F)cc2s1. The van der Waals surface area contributed by atoms with Crippen molar-refractivity contribution in [2.24, 2.45) is 0 Å². The molecule has 154 valence electrons. The third-order valence-corrected chi connectivity index (χ3v) is 6.81. The molecule has 4 aromatic heterocycles. The average Bonchev–Trinajstić information content (AvgIpc) is 3.49. The molecule has 31 heavy (non-hydrogen) atoms. The molecule has 1 amide bonds. The number of nitrogens with one attached hydrogen (secondary N) is 1. The Morgan fingerprint density at radius 3 is 3.10 bits per heavy atom. The summed E-state index contributed by atoms with van der Waals surface area (Å²) in [5.74, 6) is -0.496. The Labute approximate surface area is 184 Å². The van der Waals surface area contributed by atoms with Gasteiger partial charge >= 0.3 is 0 Å². The fraction of sp³-hybridized carbons (Fsp3) is 0.143. The molecule has 1 atom stereocenters. The summed E-state index contributed by atoms with van der Waals surface area (Å²) < 4.78 is 16.1. The van der Waals surface area contributed by atoms with Crippen LogP contribution in [0.25, 0.3) is 15.7 Å². The Bertz CT molecular complexity index is 1470. The predicted molar refractivity (Wildman–Crippen MR) is 115 cm³/mol. The second-order valence-corrected chi connectivity index (χ2v) is 8.81. The molecule has 0 saturated heterocycles. The van der Waals surface area contributed by atoms with Crippen LogP contribution in [0.3, 0.4) is 0 Å². The van der Waals surface area contributed by atoms with Crippen LogP contribution in [-0.2, 0) is 6.42 Å². The Kier molecular flexibility index (Phi) is 4.09. The van der Waals surface area contributed by atoms with Gasteiger partial charge in [0.1, 0.15) is 16.9 Å². The van der Waals surface area contributed by atoms with Crippen LogP contribution in [0.5, 0.6) is 0 Å². The molecule has 1 aromatic carbocycles. The number of imidazole rings is 1. The van der Waals surface area contributed by atoms with Crippen molar-refractivity contribution >= 4 is 44.6 Å². The minimum absolute atomic E-state index is 0.179. The molecule has 5 aromatic rings. The highest BCUT2D eigenvalue weighted by Crippen LogP contribution is 2.38. The van der Waals surface area contributed by atoms with Crippen molar-refractivity contribution in [1.82, 2.24) is 29.5 Å². The van der Waals surface area contributed by atoms with Gasteiger partial charge in [-0.25, -0.2) is 18.9 Å². The first kappa shape index (κ1) is 18.5. The van der Waals surface area contributed by atoms with E-state index in [1.54, 1.807) is 46.3 Å². The van der Waals surface area contributed by atoms with Gasteiger partial charge in [-0.05, 0) is 30.3 Å². The summed E-state index contributed by atoms with van der Waals surface area (Å²) >= 11 is 7.52. The zero-order valence-electron chi connectivity index (χ0n) is 15.9. The number of hydrogen-bond donors (Lipinski definition) is 1. The number of H-pyrrole nitrogens is 1. The second-order valence-electron chi connectivity index (χ2n) is 7.31. The first-order chi connectivity index (χ1) is 15.1. The van der Waals surface area contributed by atoms with Crippen molar-refractivity contribution in [3.63, 3.8) is 0 Å². The minimum atomic E-state index is -0.475. The van der Waals surface area contributed by atoms with Crippen molar-refractivity contribution in [3.05, 3.63) is 81.9 Å². The molecule has 1 N–H and O–H groups in total. The molecule has 0 bridgehead atoms. The smallest absolute Gasteiger partial charge is 0.258 e. The molecule has 0 radical (unpaired) electrons. The van der Waals surface area contributed by atoms with Gasteiger partial charge in [-0.2, -0.15) is 5.10 Å².